The molecule has 18 heavy (non-hydrogen) atoms. The topological polar surface area (TPSA) is 89.3 Å². The zero-order valence-electron chi connectivity index (χ0n) is 9.63. The van der Waals surface area contributed by atoms with Gasteiger partial charge in [0.1, 0.15) is 5.84 Å². The smallest absolute Gasteiger partial charge is 0.189 e. The van der Waals surface area contributed by atoms with Gasteiger partial charge in [-0.15, -0.1) is 11.3 Å². The van der Waals surface area contributed by atoms with E-state index in [4.69, 9.17) is 11.5 Å². The summed E-state index contributed by atoms with van der Waals surface area (Å²) in [5, 5.41) is 3.23. The zero-order valence-corrected chi connectivity index (χ0v) is 10.4. The lowest BCUT2D eigenvalue weighted by molar-refractivity contribution is 0.506. The van der Waals surface area contributed by atoms with E-state index in [0.29, 0.717) is 12.3 Å². The Morgan fingerprint density at radius 3 is 2.94 bits per heavy atom. The first-order valence-corrected chi connectivity index (χ1v) is 6.43. The number of nitrogens with one attached hydrogen (secondary N) is 1. The molecule has 0 aliphatic carbocycles. The SMILES string of the molecule is NC1=NC(N)(Cc2cncs2)Nc2ccccc21. The van der Waals surface area contributed by atoms with Crippen molar-refractivity contribution in [2.24, 2.45) is 16.5 Å². The van der Waals surface area contributed by atoms with Gasteiger partial charge in [-0.3, -0.25) is 10.7 Å². The van der Waals surface area contributed by atoms with Crippen LogP contribution in [0.4, 0.5) is 5.69 Å². The van der Waals surface area contributed by atoms with Gasteiger partial charge in [-0.2, -0.15) is 0 Å². The number of benzene rings is 1. The minimum atomic E-state index is -0.898. The van der Waals surface area contributed by atoms with Crippen LogP contribution in [0.2, 0.25) is 0 Å². The second-order valence-corrected chi connectivity index (χ2v) is 5.21. The third-order valence-electron chi connectivity index (χ3n) is 2.80. The predicted octanol–water partition coefficient (Wildman–Crippen LogP) is 1.13. The Bertz CT molecular complexity index is 592. The van der Waals surface area contributed by atoms with Crippen LogP contribution >= 0.6 is 11.3 Å². The lowest BCUT2D eigenvalue weighted by Crippen LogP contribution is -2.51. The van der Waals surface area contributed by atoms with E-state index in [1.165, 1.54) is 0 Å². The molecule has 0 bridgehead atoms. The molecule has 0 saturated carbocycles. The highest BCUT2D eigenvalue weighted by molar-refractivity contribution is 7.09. The molecule has 6 heteroatoms. The molecule has 1 unspecified atom stereocenters. The van der Waals surface area contributed by atoms with Crippen LogP contribution in [0.1, 0.15) is 10.4 Å². The summed E-state index contributed by atoms with van der Waals surface area (Å²) in [5.74, 6) is -0.429. The highest BCUT2D eigenvalue weighted by atomic mass is 32.1. The molecule has 0 radical (unpaired) electrons. The second kappa shape index (κ2) is 4.08. The molecule has 0 amide bonds. The Balaban J connectivity index is 1.95. The molecule has 3 rings (SSSR count). The van der Waals surface area contributed by atoms with E-state index < -0.39 is 5.79 Å². The number of fused-ring (bicyclic) bond motifs is 1. The number of aliphatic imine (C=N–C) groups is 1. The first kappa shape index (κ1) is 11.2. The summed E-state index contributed by atoms with van der Waals surface area (Å²) in [6.45, 7) is 0. The van der Waals surface area contributed by atoms with Crippen LogP contribution in [-0.4, -0.2) is 16.6 Å². The monoisotopic (exact) mass is 259 g/mol. The second-order valence-electron chi connectivity index (χ2n) is 4.24. The van der Waals surface area contributed by atoms with Crippen molar-refractivity contribution in [3.05, 3.63) is 46.4 Å². The van der Waals surface area contributed by atoms with Crippen LogP contribution in [0.15, 0.2) is 41.0 Å². The molecule has 1 atom stereocenters. The number of hydrogen-bond acceptors (Lipinski definition) is 6. The summed E-state index contributed by atoms with van der Waals surface area (Å²) >= 11 is 1.56. The van der Waals surface area contributed by atoms with Gasteiger partial charge in [0.15, 0.2) is 5.79 Å². The standard InChI is InChI=1S/C12H13N5S/c13-11-9-3-1-2-4-10(9)16-12(14,17-11)5-8-6-15-7-18-8/h1-4,6-7,16H,5,14H2,(H2,13,17). The van der Waals surface area contributed by atoms with Crippen molar-refractivity contribution >= 4 is 22.9 Å². The average molecular weight is 259 g/mol. The van der Waals surface area contributed by atoms with Crippen LogP contribution < -0.4 is 16.8 Å². The Morgan fingerprint density at radius 2 is 2.17 bits per heavy atom. The number of nitrogens with zero attached hydrogens (tertiary/aromatic N) is 2. The number of thiazole rings is 1. The van der Waals surface area contributed by atoms with Gasteiger partial charge >= 0.3 is 0 Å². The number of rotatable bonds is 2. The molecule has 92 valence electrons. The Morgan fingerprint density at radius 1 is 1.33 bits per heavy atom. The van der Waals surface area contributed by atoms with Gasteiger partial charge in [-0.25, -0.2) is 4.99 Å². The molecular weight excluding hydrogens is 246 g/mol. The van der Waals surface area contributed by atoms with E-state index in [2.05, 4.69) is 15.3 Å². The average Bonchev–Trinajstić information content (AvgIpc) is 2.81. The summed E-state index contributed by atoms with van der Waals surface area (Å²) in [7, 11) is 0. The largest absolute Gasteiger partial charge is 0.383 e. The van der Waals surface area contributed by atoms with Crippen molar-refractivity contribution in [3.8, 4) is 0 Å². The predicted molar refractivity (Wildman–Crippen MR) is 73.5 cm³/mol. The maximum atomic E-state index is 6.26. The van der Waals surface area contributed by atoms with E-state index in [9.17, 15) is 0 Å². The molecule has 1 aliphatic rings. The van der Waals surface area contributed by atoms with Gasteiger partial charge in [0, 0.05) is 28.7 Å². The van der Waals surface area contributed by atoms with Gasteiger partial charge in [0.05, 0.1) is 5.51 Å². The molecule has 5 N–H and O–H groups in total. The van der Waals surface area contributed by atoms with Crippen molar-refractivity contribution < 1.29 is 0 Å². The first-order chi connectivity index (χ1) is 8.66. The summed E-state index contributed by atoms with van der Waals surface area (Å²) in [6.07, 6.45) is 2.36. The molecule has 2 aromatic rings. The number of anilines is 1. The molecule has 0 fully saturated rings. The van der Waals surface area contributed by atoms with E-state index in [1.807, 2.05) is 24.3 Å². The van der Waals surface area contributed by atoms with Gasteiger partial charge in [-0.1, -0.05) is 12.1 Å². The number of para-hydroxylation sites is 1. The zero-order chi connectivity index (χ0) is 12.6. The molecule has 0 spiro atoms. The minimum Gasteiger partial charge on any atom is -0.383 e. The van der Waals surface area contributed by atoms with Crippen molar-refractivity contribution in [2.75, 3.05) is 5.32 Å². The number of amidine groups is 1. The van der Waals surface area contributed by atoms with E-state index >= 15 is 0 Å². The number of hydrogen-bond donors (Lipinski definition) is 3. The summed E-state index contributed by atoms with van der Waals surface area (Å²) < 4.78 is 0. The van der Waals surface area contributed by atoms with E-state index in [0.717, 1.165) is 16.1 Å². The number of nitrogens with two attached hydrogens (primary N) is 2. The maximum absolute atomic E-state index is 6.26. The summed E-state index contributed by atoms with van der Waals surface area (Å²) in [5.41, 5.74) is 15.8. The van der Waals surface area contributed by atoms with Crippen molar-refractivity contribution in [3.63, 3.8) is 0 Å². The molecule has 1 aliphatic heterocycles. The molecular formula is C12H13N5S. The summed E-state index contributed by atoms with van der Waals surface area (Å²) in [4.78, 5) is 9.48. The van der Waals surface area contributed by atoms with Gasteiger partial charge in [0.2, 0.25) is 0 Å². The van der Waals surface area contributed by atoms with Crippen molar-refractivity contribution in [1.82, 2.24) is 4.98 Å². The molecule has 2 heterocycles. The van der Waals surface area contributed by atoms with Crippen LogP contribution in [0.3, 0.4) is 0 Å². The van der Waals surface area contributed by atoms with Gasteiger partial charge in [-0.05, 0) is 12.1 Å². The summed E-state index contributed by atoms with van der Waals surface area (Å²) in [6, 6.07) is 7.74. The van der Waals surface area contributed by atoms with Crippen LogP contribution in [-0.2, 0) is 6.42 Å². The molecule has 1 aromatic heterocycles. The molecule has 1 aromatic carbocycles. The van der Waals surface area contributed by atoms with Gasteiger partial charge in [0.25, 0.3) is 0 Å². The Labute approximate surface area is 109 Å². The fourth-order valence-corrected chi connectivity index (χ4v) is 2.71. The van der Waals surface area contributed by atoms with E-state index in [1.54, 1.807) is 23.0 Å². The molecule has 5 nitrogen and oxygen atoms in total. The van der Waals surface area contributed by atoms with Crippen LogP contribution in [0.25, 0.3) is 0 Å². The molecule has 0 saturated heterocycles. The Kier molecular flexibility index (Phi) is 2.53. The third kappa shape index (κ3) is 1.96. The quantitative estimate of drug-likeness (QED) is 0.754. The number of aromatic nitrogens is 1. The maximum Gasteiger partial charge on any atom is 0.189 e. The fraction of sp³-hybridized carbons (Fsp3) is 0.167. The van der Waals surface area contributed by atoms with Gasteiger partial charge < -0.3 is 11.1 Å². The minimum absolute atomic E-state index is 0.469. The first-order valence-electron chi connectivity index (χ1n) is 5.55. The van der Waals surface area contributed by atoms with Crippen molar-refractivity contribution in [2.45, 2.75) is 12.2 Å². The highest BCUT2D eigenvalue weighted by Gasteiger charge is 2.30. The highest BCUT2D eigenvalue weighted by Crippen LogP contribution is 2.26. The van der Waals surface area contributed by atoms with E-state index in [-0.39, 0.29) is 0 Å². The Hall–Kier alpha value is -1.92. The lowest BCUT2D eigenvalue weighted by atomic mass is 10.1. The van der Waals surface area contributed by atoms with Crippen molar-refractivity contribution in [1.29, 1.82) is 0 Å². The lowest BCUT2D eigenvalue weighted by Gasteiger charge is -2.32. The third-order valence-corrected chi connectivity index (χ3v) is 3.58. The fourth-order valence-electron chi connectivity index (χ4n) is 2.03. The normalized spacial score (nSPS) is 21.9. The van der Waals surface area contributed by atoms with Crippen LogP contribution in [0.5, 0.6) is 0 Å². The van der Waals surface area contributed by atoms with Crippen LogP contribution in [0, 0.1) is 0 Å².